The highest BCUT2D eigenvalue weighted by atomic mass is 16.5. The van der Waals surface area contributed by atoms with E-state index in [1.165, 1.54) is 5.56 Å². The molecule has 2 amide bonds. The Bertz CT molecular complexity index is 439. The maximum Gasteiger partial charge on any atom is 0.314 e. The lowest BCUT2D eigenvalue weighted by atomic mass is 10.2. The van der Waals surface area contributed by atoms with Gasteiger partial charge in [-0.2, -0.15) is 0 Å². The van der Waals surface area contributed by atoms with Gasteiger partial charge in [0.15, 0.2) is 0 Å². The van der Waals surface area contributed by atoms with Crippen LogP contribution in [0.25, 0.3) is 0 Å². The van der Waals surface area contributed by atoms with Crippen molar-refractivity contribution in [2.24, 2.45) is 0 Å². The molecule has 1 saturated heterocycles. The fourth-order valence-electron chi connectivity index (χ4n) is 2.54. The van der Waals surface area contributed by atoms with E-state index < -0.39 is 0 Å². The molecular formula is C17H27N3O2. The molecule has 1 aromatic rings. The number of carbonyl (C=O) groups excluding carboxylic acids is 1. The molecule has 1 aliphatic heterocycles. The summed E-state index contributed by atoms with van der Waals surface area (Å²) in [6.45, 7) is 6.84. The highest BCUT2D eigenvalue weighted by Gasteiger charge is 2.20. The normalized spacial score (nSPS) is 18.9. The number of benzene rings is 1. The topological polar surface area (TPSA) is 53.6 Å². The van der Waals surface area contributed by atoms with Crippen LogP contribution in [-0.2, 0) is 11.3 Å². The lowest BCUT2D eigenvalue weighted by Gasteiger charge is -2.33. The van der Waals surface area contributed by atoms with Crippen LogP contribution in [0.4, 0.5) is 4.79 Å². The number of nitrogens with one attached hydrogen (secondary N) is 2. The summed E-state index contributed by atoms with van der Waals surface area (Å²) in [5.74, 6) is 0. The smallest absolute Gasteiger partial charge is 0.314 e. The molecule has 1 atom stereocenters. The maximum absolute atomic E-state index is 11.6. The number of amides is 2. The molecule has 0 saturated carbocycles. The van der Waals surface area contributed by atoms with Gasteiger partial charge in [-0.1, -0.05) is 43.7 Å². The van der Waals surface area contributed by atoms with E-state index >= 15 is 0 Å². The zero-order valence-corrected chi connectivity index (χ0v) is 13.4. The molecule has 1 aliphatic rings. The molecular weight excluding hydrogens is 278 g/mol. The summed E-state index contributed by atoms with van der Waals surface area (Å²) in [6.07, 6.45) is 2.16. The first kappa shape index (κ1) is 16.8. The van der Waals surface area contributed by atoms with Crippen LogP contribution < -0.4 is 10.6 Å². The molecule has 5 nitrogen and oxygen atoms in total. The Labute approximate surface area is 133 Å². The minimum absolute atomic E-state index is 0.0642. The van der Waals surface area contributed by atoms with E-state index in [2.05, 4.69) is 46.7 Å². The van der Waals surface area contributed by atoms with E-state index in [9.17, 15) is 4.79 Å². The van der Waals surface area contributed by atoms with Gasteiger partial charge in [0, 0.05) is 32.7 Å². The molecule has 2 rings (SSSR count). The third-order valence-electron chi connectivity index (χ3n) is 3.78. The van der Waals surface area contributed by atoms with Crippen LogP contribution in [0.1, 0.15) is 25.3 Å². The van der Waals surface area contributed by atoms with Gasteiger partial charge < -0.3 is 15.4 Å². The highest BCUT2D eigenvalue weighted by molar-refractivity contribution is 5.73. The molecule has 1 fully saturated rings. The quantitative estimate of drug-likeness (QED) is 0.758. The van der Waals surface area contributed by atoms with E-state index in [0.717, 1.165) is 45.6 Å². The summed E-state index contributed by atoms with van der Waals surface area (Å²) < 4.78 is 5.74. The van der Waals surface area contributed by atoms with Gasteiger partial charge in [-0.3, -0.25) is 4.90 Å². The lowest BCUT2D eigenvalue weighted by molar-refractivity contribution is -0.0287. The first-order valence-electron chi connectivity index (χ1n) is 8.17. The molecule has 5 heteroatoms. The van der Waals surface area contributed by atoms with E-state index in [1.54, 1.807) is 0 Å². The Morgan fingerprint density at radius 3 is 2.91 bits per heavy atom. The lowest BCUT2D eigenvalue weighted by Crippen LogP contribution is -2.48. The summed E-state index contributed by atoms with van der Waals surface area (Å²) in [5, 5.41) is 5.75. The largest absolute Gasteiger partial charge is 0.374 e. The number of ether oxygens (including phenoxy) is 1. The average Bonchev–Trinajstić information content (AvgIpc) is 2.55. The molecule has 0 spiro atoms. The van der Waals surface area contributed by atoms with Crippen molar-refractivity contribution >= 4 is 6.03 Å². The predicted molar refractivity (Wildman–Crippen MR) is 87.8 cm³/mol. The van der Waals surface area contributed by atoms with Crippen molar-refractivity contribution in [3.05, 3.63) is 35.9 Å². The van der Waals surface area contributed by atoms with Crippen molar-refractivity contribution in [2.75, 3.05) is 32.8 Å². The maximum atomic E-state index is 11.6. The number of nitrogens with zero attached hydrogens (tertiary/aromatic N) is 1. The molecule has 1 aromatic carbocycles. The van der Waals surface area contributed by atoms with E-state index in [0.29, 0.717) is 6.54 Å². The van der Waals surface area contributed by atoms with Crippen LogP contribution in [0.5, 0.6) is 0 Å². The molecule has 0 radical (unpaired) electrons. The van der Waals surface area contributed by atoms with Crippen molar-refractivity contribution in [2.45, 2.75) is 32.4 Å². The number of morpholine rings is 1. The van der Waals surface area contributed by atoms with E-state index in [1.807, 2.05) is 6.07 Å². The molecule has 0 aliphatic carbocycles. The summed E-state index contributed by atoms with van der Waals surface area (Å²) >= 11 is 0. The van der Waals surface area contributed by atoms with Gasteiger partial charge in [0.2, 0.25) is 0 Å². The fraction of sp³-hybridized carbons (Fsp3) is 0.588. The highest BCUT2D eigenvalue weighted by Crippen LogP contribution is 2.10. The monoisotopic (exact) mass is 305 g/mol. The van der Waals surface area contributed by atoms with Crippen molar-refractivity contribution < 1.29 is 9.53 Å². The first-order valence-corrected chi connectivity index (χ1v) is 8.17. The second-order valence-electron chi connectivity index (χ2n) is 5.70. The van der Waals surface area contributed by atoms with Gasteiger partial charge in [0.25, 0.3) is 0 Å². The summed E-state index contributed by atoms with van der Waals surface area (Å²) in [7, 11) is 0. The molecule has 1 heterocycles. The summed E-state index contributed by atoms with van der Waals surface area (Å²) in [6, 6.07) is 10.4. The summed E-state index contributed by atoms with van der Waals surface area (Å²) in [5.41, 5.74) is 1.31. The van der Waals surface area contributed by atoms with Crippen molar-refractivity contribution in [1.82, 2.24) is 15.5 Å². The SMILES string of the molecule is CCCCNC(=O)NCC1CN(Cc2ccccc2)CCO1. The minimum Gasteiger partial charge on any atom is -0.374 e. The molecule has 2 N–H and O–H groups in total. The molecule has 0 aromatic heterocycles. The van der Waals surface area contributed by atoms with Crippen LogP contribution in [0.3, 0.4) is 0 Å². The third-order valence-corrected chi connectivity index (χ3v) is 3.78. The number of carbonyl (C=O) groups is 1. The van der Waals surface area contributed by atoms with Gasteiger partial charge in [0.05, 0.1) is 12.7 Å². The van der Waals surface area contributed by atoms with Crippen LogP contribution in [0.15, 0.2) is 30.3 Å². The number of hydrogen-bond acceptors (Lipinski definition) is 3. The second-order valence-corrected chi connectivity index (χ2v) is 5.70. The number of unbranched alkanes of at least 4 members (excludes halogenated alkanes) is 1. The first-order chi connectivity index (χ1) is 10.8. The molecule has 1 unspecified atom stereocenters. The number of urea groups is 1. The zero-order chi connectivity index (χ0) is 15.6. The summed E-state index contributed by atoms with van der Waals surface area (Å²) in [4.78, 5) is 14.0. The third kappa shape index (κ3) is 6.03. The molecule has 122 valence electrons. The van der Waals surface area contributed by atoms with Crippen LogP contribution in [-0.4, -0.2) is 49.8 Å². The Balaban J connectivity index is 1.68. The van der Waals surface area contributed by atoms with Crippen LogP contribution in [0, 0.1) is 0 Å². The van der Waals surface area contributed by atoms with Gasteiger partial charge in [-0.05, 0) is 12.0 Å². The standard InChI is InChI=1S/C17H27N3O2/c1-2-3-9-18-17(21)19-12-16-14-20(10-11-22-16)13-15-7-5-4-6-8-15/h4-8,16H,2-3,9-14H2,1H3,(H2,18,19,21). The Hall–Kier alpha value is -1.59. The van der Waals surface area contributed by atoms with Crippen molar-refractivity contribution in [3.8, 4) is 0 Å². The Morgan fingerprint density at radius 1 is 1.32 bits per heavy atom. The van der Waals surface area contributed by atoms with E-state index in [-0.39, 0.29) is 12.1 Å². The fourth-order valence-corrected chi connectivity index (χ4v) is 2.54. The van der Waals surface area contributed by atoms with Gasteiger partial charge in [-0.25, -0.2) is 4.79 Å². The Morgan fingerprint density at radius 2 is 2.14 bits per heavy atom. The molecule has 22 heavy (non-hydrogen) atoms. The number of hydrogen-bond donors (Lipinski definition) is 2. The zero-order valence-electron chi connectivity index (χ0n) is 13.4. The minimum atomic E-state index is -0.0998. The van der Waals surface area contributed by atoms with Gasteiger partial charge in [0.1, 0.15) is 0 Å². The van der Waals surface area contributed by atoms with Crippen LogP contribution in [0.2, 0.25) is 0 Å². The van der Waals surface area contributed by atoms with Gasteiger partial charge in [-0.15, -0.1) is 0 Å². The van der Waals surface area contributed by atoms with Crippen LogP contribution >= 0.6 is 0 Å². The predicted octanol–water partition coefficient (Wildman–Crippen LogP) is 1.99. The Kier molecular flexibility index (Phi) is 7.19. The molecule has 0 bridgehead atoms. The van der Waals surface area contributed by atoms with E-state index in [4.69, 9.17) is 4.74 Å². The van der Waals surface area contributed by atoms with Crippen molar-refractivity contribution in [3.63, 3.8) is 0 Å². The van der Waals surface area contributed by atoms with Gasteiger partial charge >= 0.3 is 6.03 Å². The number of rotatable bonds is 7. The second kappa shape index (κ2) is 9.43. The van der Waals surface area contributed by atoms with Crippen molar-refractivity contribution in [1.29, 1.82) is 0 Å². The average molecular weight is 305 g/mol.